The average molecular weight is 509 g/mol. The zero-order chi connectivity index (χ0) is 26.1. The van der Waals surface area contributed by atoms with Gasteiger partial charge in [-0.3, -0.25) is 14.4 Å². The summed E-state index contributed by atoms with van der Waals surface area (Å²) in [5.74, 6) is -1.02. The Bertz CT molecular complexity index is 1330. The van der Waals surface area contributed by atoms with E-state index in [1.54, 1.807) is 29.2 Å². The van der Waals surface area contributed by atoms with Crippen LogP contribution in [0.15, 0.2) is 43.1 Å². The number of fused-ring (bicyclic) bond motifs is 1. The largest absolute Gasteiger partial charge is 0.391 e. The maximum absolute atomic E-state index is 14.4. The van der Waals surface area contributed by atoms with E-state index in [4.69, 9.17) is 0 Å². The summed E-state index contributed by atoms with van der Waals surface area (Å²) in [6.07, 6.45) is 6.36. The van der Waals surface area contributed by atoms with Gasteiger partial charge >= 0.3 is 0 Å². The molecule has 0 spiro atoms. The van der Waals surface area contributed by atoms with E-state index >= 15 is 0 Å². The number of likely N-dealkylation sites (tertiary alicyclic amines) is 1. The molecule has 3 heterocycles. The maximum atomic E-state index is 14.4. The smallest absolute Gasteiger partial charge is 0.243 e. The molecular weight excluding hydrogens is 479 g/mol. The van der Waals surface area contributed by atoms with Gasteiger partial charge in [-0.25, -0.2) is 14.4 Å². The van der Waals surface area contributed by atoms with E-state index in [0.717, 1.165) is 12.1 Å². The number of aliphatic hydroxyl groups is 1. The van der Waals surface area contributed by atoms with E-state index in [-0.39, 0.29) is 31.3 Å². The lowest BCUT2D eigenvalue weighted by Crippen LogP contribution is -2.51. The number of carbonyl (C=O) groups excluding carboxylic acids is 3. The fraction of sp³-hybridized carbons (Fsp3) is 0.423. The van der Waals surface area contributed by atoms with Crippen LogP contribution in [-0.2, 0) is 16.1 Å². The van der Waals surface area contributed by atoms with Gasteiger partial charge in [-0.05, 0) is 44.4 Å². The number of ketones is 1. The molecule has 11 heteroatoms. The van der Waals surface area contributed by atoms with E-state index in [1.165, 1.54) is 18.2 Å². The van der Waals surface area contributed by atoms with Gasteiger partial charge in [0, 0.05) is 34.8 Å². The summed E-state index contributed by atoms with van der Waals surface area (Å²) in [4.78, 5) is 47.8. The minimum atomic E-state index is -1.31. The Morgan fingerprint density at radius 2 is 1.95 bits per heavy atom. The van der Waals surface area contributed by atoms with Crippen molar-refractivity contribution in [2.75, 3.05) is 11.9 Å². The van der Waals surface area contributed by atoms with Gasteiger partial charge in [-0.1, -0.05) is 0 Å². The van der Waals surface area contributed by atoms with Gasteiger partial charge in [0.05, 0.1) is 36.8 Å². The predicted octanol–water partition coefficient (Wildman–Crippen LogP) is 2.35. The number of benzene rings is 1. The maximum Gasteiger partial charge on any atom is 0.243 e. The molecule has 4 atom stereocenters. The Morgan fingerprint density at radius 1 is 1.16 bits per heavy atom. The number of carbonyl (C=O) groups is 3. The molecule has 2 aliphatic rings. The molecule has 5 rings (SSSR count). The number of hydrogen-bond acceptors (Lipinski definition) is 7. The van der Waals surface area contributed by atoms with Crippen molar-refractivity contribution in [2.45, 2.75) is 63.5 Å². The third-order valence-electron chi connectivity index (χ3n) is 7.10. The van der Waals surface area contributed by atoms with Gasteiger partial charge < -0.3 is 25.2 Å². The van der Waals surface area contributed by atoms with Crippen LogP contribution in [0.3, 0.4) is 0 Å². The van der Waals surface area contributed by atoms with Gasteiger partial charge in [0.1, 0.15) is 25.1 Å². The standard InChI is InChI=1S/C26H29FN6O4/c1-15(34)20-12-32(22-6-5-17(8-19(20)22)30-18-9-28-14-29-10-18)13-25(36)33-11-16(27)7-23(33)26(37)31-21-3-2-4-24(21)35/h5-6,8-10,12,14,16,21,23-24,30,35H,2-4,7,11,13H2,1H3,(H,31,37). The summed E-state index contributed by atoms with van der Waals surface area (Å²) in [6.45, 7) is 1.14. The Balaban J connectivity index is 1.36. The van der Waals surface area contributed by atoms with E-state index in [2.05, 4.69) is 20.6 Å². The van der Waals surface area contributed by atoms with Crippen LogP contribution >= 0.6 is 0 Å². The van der Waals surface area contributed by atoms with Crippen LogP contribution in [0.5, 0.6) is 0 Å². The summed E-state index contributed by atoms with van der Waals surface area (Å²) in [6, 6.07) is 4.12. The molecule has 1 aliphatic carbocycles. The fourth-order valence-corrected chi connectivity index (χ4v) is 5.25. The number of hydrogen-bond donors (Lipinski definition) is 3. The first-order chi connectivity index (χ1) is 17.8. The second kappa shape index (κ2) is 10.3. The van der Waals surface area contributed by atoms with Crippen molar-refractivity contribution in [3.8, 4) is 0 Å². The summed E-state index contributed by atoms with van der Waals surface area (Å²) >= 11 is 0. The molecule has 1 aliphatic heterocycles. The summed E-state index contributed by atoms with van der Waals surface area (Å²) < 4.78 is 16.0. The number of nitrogens with zero attached hydrogens (tertiary/aromatic N) is 4. The molecule has 2 fully saturated rings. The van der Waals surface area contributed by atoms with E-state index in [9.17, 15) is 23.9 Å². The monoisotopic (exact) mass is 508 g/mol. The third kappa shape index (κ3) is 5.17. The number of alkyl halides is 1. The van der Waals surface area contributed by atoms with Crippen molar-refractivity contribution >= 4 is 39.9 Å². The van der Waals surface area contributed by atoms with Crippen LogP contribution in [0.4, 0.5) is 15.8 Å². The first-order valence-electron chi connectivity index (χ1n) is 12.4. The Morgan fingerprint density at radius 3 is 2.65 bits per heavy atom. The van der Waals surface area contributed by atoms with E-state index in [1.807, 2.05) is 12.1 Å². The second-order valence-corrected chi connectivity index (χ2v) is 9.72. The summed E-state index contributed by atoms with van der Waals surface area (Å²) in [5.41, 5.74) is 2.52. The Labute approximate surface area is 212 Å². The number of Topliss-reactive ketones (excluding diaryl/α,β-unsaturated/α-hetero) is 1. The van der Waals surface area contributed by atoms with Crippen LogP contribution in [0.1, 0.15) is 43.0 Å². The number of nitrogens with one attached hydrogen (secondary N) is 2. The topological polar surface area (TPSA) is 129 Å². The van der Waals surface area contributed by atoms with Crippen molar-refractivity contribution < 1.29 is 23.9 Å². The summed E-state index contributed by atoms with van der Waals surface area (Å²) in [7, 11) is 0. The van der Waals surface area contributed by atoms with E-state index < -0.39 is 30.1 Å². The van der Waals surface area contributed by atoms with Crippen molar-refractivity contribution in [1.29, 1.82) is 0 Å². The van der Waals surface area contributed by atoms with Gasteiger partial charge in [0.2, 0.25) is 11.8 Å². The predicted molar refractivity (Wildman–Crippen MR) is 134 cm³/mol. The molecule has 10 nitrogen and oxygen atoms in total. The third-order valence-corrected chi connectivity index (χ3v) is 7.10. The minimum Gasteiger partial charge on any atom is -0.391 e. The molecule has 2 amide bonds. The zero-order valence-corrected chi connectivity index (χ0v) is 20.4. The van der Waals surface area contributed by atoms with Crippen LogP contribution < -0.4 is 10.6 Å². The molecule has 2 aromatic heterocycles. The molecule has 0 bridgehead atoms. The van der Waals surface area contributed by atoms with Crippen LogP contribution in [0, 0.1) is 0 Å². The van der Waals surface area contributed by atoms with E-state index in [0.29, 0.717) is 35.0 Å². The number of aliphatic hydroxyl groups excluding tert-OH is 1. The minimum absolute atomic E-state index is 0.0796. The second-order valence-electron chi connectivity index (χ2n) is 9.72. The molecule has 37 heavy (non-hydrogen) atoms. The lowest BCUT2D eigenvalue weighted by molar-refractivity contribution is -0.139. The Hall–Kier alpha value is -3.86. The Kier molecular flexibility index (Phi) is 6.88. The highest BCUT2D eigenvalue weighted by Crippen LogP contribution is 2.28. The first-order valence-corrected chi connectivity index (χ1v) is 12.4. The average Bonchev–Trinajstić information content (AvgIpc) is 3.57. The lowest BCUT2D eigenvalue weighted by atomic mass is 10.1. The highest BCUT2D eigenvalue weighted by molar-refractivity contribution is 6.08. The van der Waals surface area contributed by atoms with Crippen molar-refractivity contribution in [2.24, 2.45) is 0 Å². The van der Waals surface area contributed by atoms with Gasteiger partial charge in [0.25, 0.3) is 0 Å². The quantitative estimate of drug-likeness (QED) is 0.418. The molecule has 194 valence electrons. The zero-order valence-electron chi connectivity index (χ0n) is 20.4. The van der Waals surface area contributed by atoms with Crippen molar-refractivity contribution in [3.05, 3.63) is 48.7 Å². The van der Waals surface area contributed by atoms with Crippen LogP contribution in [0.2, 0.25) is 0 Å². The first kappa shape index (κ1) is 24.8. The summed E-state index contributed by atoms with van der Waals surface area (Å²) in [5, 5.41) is 16.7. The fourth-order valence-electron chi connectivity index (χ4n) is 5.25. The van der Waals surface area contributed by atoms with Crippen LogP contribution in [-0.4, -0.2) is 73.0 Å². The highest BCUT2D eigenvalue weighted by Gasteiger charge is 2.41. The van der Waals surface area contributed by atoms with Gasteiger partial charge in [-0.15, -0.1) is 0 Å². The molecule has 0 radical (unpaired) electrons. The molecule has 4 unspecified atom stereocenters. The highest BCUT2D eigenvalue weighted by atomic mass is 19.1. The number of halogens is 1. The SMILES string of the molecule is CC(=O)c1cn(CC(=O)N2CC(F)CC2C(=O)NC2CCCC2O)c2ccc(Nc3cncnc3)cc12. The lowest BCUT2D eigenvalue weighted by Gasteiger charge is -2.26. The van der Waals surface area contributed by atoms with Crippen molar-refractivity contribution in [3.63, 3.8) is 0 Å². The number of aromatic nitrogens is 3. The molecule has 3 aromatic rings. The molecule has 1 saturated carbocycles. The van der Waals surface area contributed by atoms with Gasteiger partial charge in [0.15, 0.2) is 5.78 Å². The molecule has 3 N–H and O–H groups in total. The number of amides is 2. The number of anilines is 2. The molecule has 1 saturated heterocycles. The molecule has 1 aromatic carbocycles. The molecular formula is C26H29FN6O4. The number of rotatable bonds is 7. The van der Waals surface area contributed by atoms with Crippen LogP contribution in [0.25, 0.3) is 10.9 Å². The van der Waals surface area contributed by atoms with Gasteiger partial charge in [-0.2, -0.15) is 0 Å². The normalized spacial score (nSPS) is 23.4. The van der Waals surface area contributed by atoms with Crippen molar-refractivity contribution in [1.82, 2.24) is 24.8 Å².